The summed E-state index contributed by atoms with van der Waals surface area (Å²) in [5.41, 5.74) is 0.577. The summed E-state index contributed by atoms with van der Waals surface area (Å²) in [6, 6.07) is 5.01. The van der Waals surface area contributed by atoms with Crippen LogP contribution in [0.2, 0.25) is 5.02 Å². The molecule has 0 aromatic heterocycles. The summed E-state index contributed by atoms with van der Waals surface area (Å²) >= 11 is 6.01. The zero-order valence-electron chi connectivity index (χ0n) is 13.3. The lowest BCUT2D eigenvalue weighted by Gasteiger charge is -2.20. The minimum atomic E-state index is -0.243. The van der Waals surface area contributed by atoms with Gasteiger partial charge in [-0.1, -0.05) is 31.4 Å². The molecule has 1 aromatic carbocycles. The number of methoxy groups -OCH3 is 1. The van der Waals surface area contributed by atoms with E-state index < -0.39 is 0 Å². The molecule has 6 heteroatoms. The van der Waals surface area contributed by atoms with Crippen molar-refractivity contribution >= 4 is 29.1 Å². The molecule has 0 aliphatic carbocycles. The maximum absolute atomic E-state index is 12.0. The van der Waals surface area contributed by atoms with E-state index >= 15 is 0 Å². The van der Waals surface area contributed by atoms with Gasteiger partial charge in [-0.3, -0.25) is 9.59 Å². The molecule has 0 heterocycles. The van der Waals surface area contributed by atoms with Crippen molar-refractivity contribution in [3.8, 4) is 5.75 Å². The normalized spacial score (nSPS) is 10.2. The first-order chi connectivity index (χ1) is 10.5. The number of carbonyl (C=O) groups is 2. The lowest BCUT2D eigenvalue weighted by atomic mass is 10.2. The molecule has 0 fully saturated rings. The van der Waals surface area contributed by atoms with Gasteiger partial charge in [0.25, 0.3) is 0 Å². The van der Waals surface area contributed by atoms with Crippen LogP contribution in [0.25, 0.3) is 0 Å². The molecule has 0 unspecified atom stereocenters. The number of anilines is 1. The van der Waals surface area contributed by atoms with Gasteiger partial charge in [-0.05, 0) is 24.6 Å². The Morgan fingerprint density at radius 1 is 1.32 bits per heavy atom. The first kappa shape index (κ1) is 18.3. The average Bonchev–Trinajstić information content (AvgIpc) is 2.46. The van der Waals surface area contributed by atoms with Gasteiger partial charge in [-0.15, -0.1) is 0 Å². The van der Waals surface area contributed by atoms with Crippen molar-refractivity contribution in [2.45, 2.75) is 33.1 Å². The van der Waals surface area contributed by atoms with E-state index in [1.165, 1.54) is 14.0 Å². The predicted molar refractivity (Wildman–Crippen MR) is 88.4 cm³/mol. The van der Waals surface area contributed by atoms with Crippen molar-refractivity contribution in [2.24, 2.45) is 0 Å². The quantitative estimate of drug-likeness (QED) is 0.745. The van der Waals surface area contributed by atoms with Crippen molar-refractivity contribution in [1.82, 2.24) is 4.90 Å². The minimum Gasteiger partial charge on any atom is -0.495 e. The number of halogens is 1. The summed E-state index contributed by atoms with van der Waals surface area (Å²) in [6.07, 6.45) is 3.01. The van der Waals surface area contributed by atoms with Gasteiger partial charge in [0, 0.05) is 19.2 Å². The average molecular weight is 327 g/mol. The molecule has 0 saturated heterocycles. The summed E-state index contributed by atoms with van der Waals surface area (Å²) < 4.78 is 5.06. The van der Waals surface area contributed by atoms with Crippen LogP contribution >= 0.6 is 11.6 Å². The van der Waals surface area contributed by atoms with Crippen molar-refractivity contribution in [1.29, 1.82) is 0 Å². The summed E-state index contributed by atoms with van der Waals surface area (Å²) in [7, 11) is 1.53. The second-order valence-electron chi connectivity index (χ2n) is 5.05. The number of amides is 2. The summed E-state index contributed by atoms with van der Waals surface area (Å²) in [6.45, 7) is 4.21. The lowest BCUT2D eigenvalue weighted by Crippen LogP contribution is -2.37. The number of unbranched alkanes of at least 4 members (excludes halogenated alkanes) is 2. The fourth-order valence-electron chi connectivity index (χ4n) is 2.02. The minimum absolute atomic E-state index is 0.0443. The molecule has 1 N–H and O–H groups in total. The molecule has 0 radical (unpaired) electrons. The van der Waals surface area contributed by atoms with Crippen LogP contribution in [0.3, 0.4) is 0 Å². The zero-order chi connectivity index (χ0) is 16.5. The van der Waals surface area contributed by atoms with Crippen LogP contribution in [0.15, 0.2) is 18.2 Å². The summed E-state index contributed by atoms with van der Waals surface area (Å²) in [5, 5.41) is 3.16. The topological polar surface area (TPSA) is 58.6 Å². The van der Waals surface area contributed by atoms with Crippen LogP contribution in [-0.2, 0) is 9.59 Å². The number of benzene rings is 1. The van der Waals surface area contributed by atoms with Crippen LogP contribution in [0, 0.1) is 0 Å². The Balaban J connectivity index is 2.59. The number of ether oxygens (including phenoxy) is 1. The van der Waals surface area contributed by atoms with E-state index in [9.17, 15) is 9.59 Å². The van der Waals surface area contributed by atoms with Crippen LogP contribution in [0.1, 0.15) is 33.1 Å². The summed E-state index contributed by atoms with van der Waals surface area (Å²) in [4.78, 5) is 25.2. The molecule has 0 atom stereocenters. The maximum atomic E-state index is 12.0. The number of hydrogen-bond acceptors (Lipinski definition) is 3. The molecule has 22 heavy (non-hydrogen) atoms. The van der Waals surface area contributed by atoms with Gasteiger partial charge in [-0.2, -0.15) is 0 Å². The van der Waals surface area contributed by atoms with E-state index in [0.717, 1.165) is 19.3 Å². The molecule has 1 aromatic rings. The number of rotatable bonds is 8. The van der Waals surface area contributed by atoms with Crippen molar-refractivity contribution in [2.75, 3.05) is 25.5 Å². The van der Waals surface area contributed by atoms with E-state index in [0.29, 0.717) is 23.0 Å². The SMILES string of the molecule is CCCCCN(CC(=O)Nc1ccc(OC)c(Cl)c1)C(C)=O. The highest BCUT2D eigenvalue weighted by Gasteiger charge is 2.13. The Hall–Kier alpha value is -1.75. The van der Waals surface area contributed by atoms with E-state index in [-0.39, 0.29) is 18.4 Å². The van der Waals surface area contributed by atoms with Gasteiger partial charge < -0.3 is 15.0 Å². The van der Waals surface area contributed by atoms with Crippen LogP contribution in [0.4, 0.5) is 5.69 Å². The number of hydrogen-bond donors (Lipinski definition) is 1. The number of nitrogens with one attached hydrogen (secondary N) is 1. The van der Waals surface area contributed by atoms with Gasteiger partial charge in [0.1, 0.15) is 5.75 Å². The Morgan fingerprint density at radius 2 is 2.05 bits per heavy atom. The standard InChI is InChI=1S/C16H23ClN2O3/c1-4-5-6-9-19(12(2)20)11-16(21)18-13-7-8-15(22-3)14(17)10-13/h7-8,10H,4-6,9,11H2,1-3H3,(H,18,21). The molecule has 0 saturated carbocycles. The third-order valence-electron chi connectivity index (χ3n) is 3.25. The van der Waals surface area contributed by atoms with Crippen molar-refractivity contribution in [3.63, 3.8) is 0 Å². The van der Waals surface area contributed by atoms with Crippen LogP contribution in [0.5, 0.6) is 5.75 Å². The molecule has 122 valence electrons. The van der Waals surface area contributed by atoms with E-state index in [2.05, 4.69) is 12.2 Å². The molecule has 2 amide bonds. The third kappa shape index (κ3) is 5.93. The second kappa shape index (κ2) is 9.30. The molecule has 0 bridgehead atoms. The Morgan fingerprint density at radius 3 is 2.59 bits per heavy atom. The molecule has 0 aliphatic heterocycles. The molecule has 0 spiro atoms. The highest BCUT2D eigenvalue weighted by Crippen LogP contribution is 2.27. The monoisotopic (exact) mass is 326 g/mol. The number of nitrogens with zero attached hydrogens (tertiary/aromatic N) is 1. The summed E-state index contributed by atoms with van der Waals surface area (Å²) in [5.74, 6) is 0.205. The van der Waals surface area contributed by atoms with E-state index in [4.69, 9.17) is 16.3 Å². The largest absolute Gasteiger partial charge is 0.495 e. The van der Waals surface area contributed by atoms with E-state index in [1.54, 1.807) is 23.1 Å². The highest BCUT2D eigenvalue weighted by atomic mass is 35.5. The van der Waals surface area contributed by atoms with Crippen molar-refractivity contribution < 1.29 is 14.3 Å². The van der Waals surface area contributed by atoms with Crippen LogP contribution in [-0.4, -0.2) is 36.9 Å². The van der Waals surface area contributed by atoms with E-state index in [1.807, 2.05) is 0 Å². The fraction of sp³-hybridized carbons (Fsp3) is 0.500. The third-order valence-corrected chi connectivity index (χ3v) is 3.54. The predicted octanol–water partition coefficient (Wildman–Crippen LogP) is 3.33. The van der Waals surface area contributed by atoms with Gasteiger partial charge in [0.2, 0.25) is 11.8 Å². The zero-order valence-corrected chi connectivity index (χ0v) is 14.1. The Kier molecular flexibility index (Phi) is 7.74. The van der Waals surface area contributed by atoms with Gasteiger partial charge in [-0.25, -0.2) is 0 Å². The fourth-order valence-corrected chi connectivity index (χ4v) is 2.28. The Labute approximate surface area is 136 Å². The lowest BCUT2D eigenvalue weighted by molar-refractivity contribution is -0.132. The van der Waals surface area contributed by atoms with Gasteiger partial charge in [0.05, 0.1) is 18.7 Å². The first-order valence-electron chi connectivity index (χ1n) is 7.36. The molecule has 0 aliphatic rings. The first-order valence-corrected chi connectivity index (χ1v) is 7.74. The molecule has 1 rings (SSSR count). The highest BCUT2D eigenvalue weighted by molar-refractivity contribution is 6.32. The van der Waals surface area contributed by atoms with Gasteiger partial charge >= 0.3 is 0 Å². The second-order valence-corrected chi connectivity index (χ2v) is 5.45. The molecular formula is C16H23ClN2O3. The Bertz CT molecular complexity index is 520. The van der Waals surface area contributed by atoms with Gasteiger partial charge in [0.15, 0.2) is 0 Å². The van der Waals surface area contributed by atoms with Crippen molar-refractivity contribution in [3.05, 3.63) is 23.2 Å². The molecular weight excluding hydrogens is 304 g/mol. The number of carbonyl (C=O) groups excluding carboxylic acids is 2. The maximum Gasteiger partial charge on any atom is 0.243 e. The van der Waals surface area contributed by atoms with Crippen LogP contribution < -0.4 is 10.1 Å². The molecule has 5 nitrogen and oxygen atoms in total. The smallest absolute Gasteiger partial charge is 0.243 e.